The minimum Gasteiger partial charge on any atom is -0.378 e. The fourth-order valence-electron chi connectivity index (χ4n) is 3.66. The summed E-state index contributed by atoms with van der Waals surface area (Å²) in [4.78, 5) is 6.60. The Morgan fingerprint density at radius 1 is 0.867 bits per heavy atom. The Bertz CT molecular complexity index is 1290. The van der Waals surface area contributed by atoms with Crippen molar-refractivity contribution in [2.24, 2.45) is 4.99 Å². The number of para-hydroxylation sites is 2. The van der Waals surface area contributed by atoms with Gasteiger partial charge in [0.05, 0.1) is 6.54 Å². The predicted molar refractivity (Wildman–Crippen MR) is 126 cm³/mol. The molecule has 0 aliphatic heterocycles. The SMILES string of the molecule is CN(C)c1ccc(/C=N/c2nnc(Cn3c4ccccc4c4ccccc43)s2)cc1. The maximum Gasteiger partial charge on any atom is 0.231 e. The van der Waals surface area contributed by atoms with E-state index in [-0.39, 0.29) is 0 Å². The van der Waals surface area contributed by atoms with Gasteiger partial charge in [-0.3, -0.25) is 0 Å². The third kappa shape index (κ3) is 3.46. The largest absolute Gasteiger partial charge is 0.378 e. The van der Waals surface area contributed by atoms with Gasteiger partial charge < -0.3 is 9.47 Å². The molecule has 2 heterocycles. The Hall–Kier alpha value is -3.51. The van der Waals surface area contributed by atoms with Crippen LogP contribution in [0.2, 0.25) is 0 Å². The van der Waals surface area contributed by atoms with Gasteiger partial charge in [0, 0.05) is 47.8 Å². The van der Waals surface area contributed by atoms with Gasteiger partial charge in [-0.05, 0) is 29.8 Å². The topological polar surface area (TPSA) is 46.3 Å². The van der Waals surface area contributed by atoms with Gasteiger partial charge in [-0.2, -0.15) is 0 Å². The van der Waals surface area contributed by atoms with Crippen molar-refractivity contribution in [3.8, 4) is 0 Å². The quantitative estimate of drug-likeness (QED) is 0.358. The van der Waals surface area contributed by atoms with Crippen molar-refractivity contribution in [1.82, 2.24) is 14.8 Å². The molecule has 0 saturated carbocycles. The van der Waals surface area contributed by atoms with Gasteiger partial charge in [0.15, 0.2) is 0 Å². The van der Waals surface area contributed by atoms with Crippen molar-refractivity contribution in [2.45, 2.75) is 6.54 Å². The number of hydrogen-bond donors (Lipinski definition) is 0. The van der Waals surface area contributed by atoms with E-state index in [1.54, 1.807) is 0 Å². The smallest absolute Gasteiger partial charge is 0.231 e. The molecule has 3 aromatic carbocycles. The number of rotatable bonds is 5. The maximum atomic E-state index is 4.52. The Morgan fingerprint density at radius 2 is 1.50 bits per heavy atom. The number of hydrogen-bond acceptors (Lipinski definition) is 5. The first-order chi connectivity index (χ1) is 14.7. The first kappa shape index (κ1) is 18.5. The molecule has 0 saturated heterocycles. The van der Waals surface area contributed by atoms with Crippen LogP contribution in [0.1, 0.15) is 10.6 Å². The van der Waals surface area contributed by atoms with Gasteiger partial charge in [0.25, 0.3) is 0 Å². The highest BCUT2D eigenvalue weighted by Crippen LogP contribution is 2.30. The summed E-state index contributed by atoms with van der Waals surface area (Å²) >= 11 is 1.53. The van der Waals surface area contributed by atoms with E-state index in [1.807, 2.05) is 20.3 Å². The fraction of sp³-hybridized carbons (Fsp3) is 0.125. The molecule has 0 spiro atoms. The summed E-state index contributed by atoms with van der Waals surface area (Å²) in [6.45, 7) is 0.679. The summed E-state index contributed by atoms with van der Waals surface area (Å²) in [5.74, 6) is 0. The first-order valence-corrected chi connectivity index (χ1v) is 10.6. The van der Waals surface area contributed by atoms with Crippen LogP contribution in [0.15, 0.2) is 77.8 Å². The fourth-order valence-corrected chi connectivity index (χ4v) is 4.33. The number of nitrogens with zero attached hydrogens (tertiary/aromatic N) is 5. The van der Waals surface area contributed by atoms with E-state index in [2.05, 4.69) is 97.5 Å². The van der Waals surface area contributed by atoms with E-state index >= 15 is 0 Å². The predicted octanol–water partition coefficient (Wildman–Crippen LogP) is 5.51. The van der Waals surface area contributed by atoms with Crippen LogP contribution in [-0.4, -0.2) is 35.1 Å². The molecule has 5 aromatic rings. The zero-order chi connectivity index (χ0) is 20.5. The number of anilines is 1. The Kier molecular flexibility index (Phi) is 4.77. The van der Waals surface area contributed by atoms with Crippen molar-refractivity contribution >= 4 is 50.2 Å². The maximum absolute atomic E-state index is 4.52. The summed E-state index contributed by atoms with van der Waals surface area (Å²) in [6.07, 6.45) is 1.84. The molecule has 0 atom stereocenters. The van der Waals surface area contributed by atoms with Crippen molar-refractivity contribution < 1.29 is 0 Å². The zero-order valence-electron chi connectivity index (χ0n) is 16.9. The van der Waals surface area contributed by atoms with Gasteiger partial charge in [-0.15, -0.1) is 10.2 Å². The third-order valence-electron chi connectivity index (χ3n) is 5.16. The van der Waals surface area contributed by atoms with E-state index < -0.39 is 0 Å². The highest BCUT2D eigenvalue weighted by molar-refractivity contribution is 7.14. The summed E-state index contributed by atoms with van der Waals surface area (Å²) in [5.41, 5.74) is 4.62. The molecular formula is C24H21N5S. The summed E-state index contributed by atoms with van der Waals surface area (Å²) in [7, 11) is 4.06. The summed E-state index contributed by atoms with van der Waals surface area (Å²) < 4.78 is 2.30. The highest BCUT2D eigenvalue weighted by atomic mass is 32.1. The Labute approximate surface area is 178 Å². The van der Waals surface area contributed by atoms with Gasteiger partial charge >= 0.3 is 0 Å². The normalized spacial score (nSPS) is 11.7. The lowest BCUT2D eigenvalue weighted by Gasteiger charge is -2.11. The van der Waals surface area contributed by atoms with E-state index in [1.165, 1.54) is 33.1 Å². The molecule has 0 aliphatic carbocycles. The van der Waals surface area contributed by atoms with E-state index in [0.29, 0.717) is 11.7 Å². The van der Waals surface area contributed by atoms with Crippen molar-refractivity contribution in [1.29, 1.82) is 0 Å². The number of aliphatic imine (C=N–C) groups is 1. The second kappa shape index (κ2) is 7.72. The second-order valence-electron chi connectivity index (χ2n) is 7.34. The molecule has 2 aromatic heterocycles. The van der Waals surface area contributed by atoms with E-state index in [4.69, 9.17) is 0 Å². The molecule has 0 fully saturated rings. The minimum absolute atomic E-state index is 0.669. The van der Waals surface area contributed by atoms with Crippen LogP contribution in [0.25, 0.3) is 21.8 Å². The lowest BCUT2D eigenvalue weighted by molar-refractivity contribution is 0.836. The van der Waals surface area contributed by atoms with Crippen molar-refractivity contribution in [2.75, 3.05) is 19.0 Å². The third-order valence-corrected chi connectivity index (χ3v) is 5.98. The lowest BCUT2D eigenvalue weighted by atomic mass is 10.2. The van der Waals surface area contributed by atoms with Gasteiger partial charge in [-0.1, -0.05) is 59.9 Å². The Morgan fingerprint density at radius 3 is 2.13 bits per heavy atom. The van der Waals surface area contributed by atoms with Crippen LogP contribution in [0.4, 0.5) is 10.8 Å². The molecule has 0 aliphatic rings. The average molecular weight is 412 g/mol. The summed E-state index contributed by atoms with van der Waals surface area (Å²) in [5, 5.41) is 12.8. The molecular weight excluding hydrogens is 390 g/mol. The number of aromatic nitrogens is 3. The van der Waals surface area contributed by atoms with E-state index in [0.717, 1.165) is 16.3 Å². The van der Waals surface area contributed by atoms with Crippen LogP contribution in [0.5, 0.6) is 0 Å². The second-order valence-corrected chi connectivity index (χ2v) is 8.38. The van der Waals surface area contributed by atoms with Gasteiger partial charge in [0.2, 0.25) is 5.13 Å². The standard InChI is InChI=1S/C24H21N5S/c1-28(2)18-13-11-17(12-14-18)15-25-24-27-26-23(30-24)16-29-21-9-5-3-7-19(21)20-8-4-6-10-22(20)29/h3-15H,16H2,1-2H3/b25-15+. The molecule has 0 amide bonds. The molecule has 148 valence electrons. The van der Waals surface area contributed by atoms with Crippen LogP contribution in [-0.2, 0) is 6.54 Å². The zero-order valence-corrected chi connectivity index (χ0v) is 17.7. The molecule has 5 nitrogen and oxygen atoms in total. The molecule has 30 heavy (non-hydrogen) atoms. The molecule has 6 heteroatoms. The molecule has 0 N–H and O–H groups in total. The first-order valence-electron chi connectivity index (χ1n) is 9.79. The average Bonchev–Trinajstić information content (AvgIpc) is 3.36. The van der Waals surface area contributed by atoms with Gasteiger partial charge in [0.1, 0.15) is 5.01 Å². The van der Waals surface area contributed by atoms with Crippen molar-refractivity contribution in [3.63, 3.8) is 0 Å². The number of fused-ring (bicyclic) bond motifs is 3. The molecule has 5 rings (SSSR count). The number of benzene rings is 3. The monoisotopic (exact) mass is 411 g/mol. The van der Waals surface area contributed by atoms with Crippen LogP contribution in [0.3, 0.4) is 0 Å². The minimum atomic E-state index is 0.669. The van der Waals surface area contributed by atoms with Crippen LogP contribution >= 0.6 is 11.3 Å². The van der Waals surface area contributed by atoms with Crippen LogP contribution < -0.4 is 4.90 Å². The highest BCUT2D eigenvalue weighted by Gasteiger charge is 2.12. The Balaban J connectivity index is 1.41. The molecule has 0 radical (unpaired) electrons. The van der Waals surface area contributed by atoms with Crippen LogP contribution in [0, 0.1) is 0 Å². The molecule has 0 bridgehead atoms. The van der Waals surface area contributed by atoms with Crippen molar-refractivity contribution in [3.05, 3.63) is 83.4 Å². The molecule has 0 unspecified atom stereocenters. The summed E-state index contributed by atoms with van der Waals surface area (Å²) in [6, 6.07) is 25.3. The lowest BCUT2D eigenvalue weighted by Crippen LogP contribution is -2.08. The van der Waals surface area contributed by atoms with E-state index in [9.17, 15) is 0 Å². The van der Waals surface area contributed by atoms with Gasteiger partial charge in [-0.25, -0.2) is 4.99 Å².